The number of thiazole rings is 1. The number of hydrogen-bond acceptors (Lipinski definition) is 5. The molecule has 0 unspecified atom stereocenters. The van der Waals surface area contributed by atoms with E-state index in [9.17, 15) is 0 Å². The Morgan fingerprint density at radius 1 is 1.42 bits per heavy atom. The highest BCUT2D eigenvalue weighted by atomic mass is 32.1. The topological polar surface area (TPSA) is 51.4 Å². The average Bonchev–Trinajstić information content (AvgIpc) is 2.82. The van der Waals surface area contributed by atoms with Crippen LogP contribution in [0.5, 0.6) is 0 Å². The number of nitrogens with two attached hydrogens (primary N) is 1. The Balaban J connectivity index is 2.17. The number of rotatable bonds is 7. The Bertz CT molecular complexity index is 523. The van der Waals surface area contributed by atoms with Gasteiger partial charge in [-0.15, -0.1) is 0 Å². The number of ether oxygens (including phenoxy) is 1. The number of fused-ring (bicyclic) bond motifs is 1. The van der Waals surface area contributed by atoms with Gasteiger partial charge in [0.25, 0.3) is 0 Å². The first-order chi connectivity index (χ1) is 9.20. The summed E-state index contributed by atoms with van der Waals surface area (Å²) in [7, 11) is 1.70. The van der Waals surface area contributed by atoms with E-state index in [4.69, 9.17) is 22.7 Å². The van der Waals surface area contributed by atoms with E-state index in [-0.39, 0.29) is 0 Å². The van der Waals surface area contributed by atoms with E-state index in [1.54, 1.807) is 18.4 Å². The molecule has 0 spiro atoms. The van der Waals surface area contributed by atoms with Crippen LogP contribution in [0.15, 0.2) is 24.3 Å². The smallest absolute Gasteiger partial charge is 0.186 e. The monoisotopic (exact) mass is 295 g/mol. The Hall–Kier alpha value is -1.24. The van der Waals surface area contributed by atoms with Gasteiger partial charge in [0.1, 0.15) is 0 Å². The van der Waals surface area contributed by atoms with Gasteiger partial charge in [0.2, 0.25) is 0 Å². The number of methoxy groups -OCH3 is 1. The molecule has 0 atom stereocenters. The molecule has 1 heterocycles. The molecule has 1 aromatic heterocycles. The fourth-order valence-corrected chi connectivity index (χ4v) is 2.85. The fraction of sp³-hybridized carbons (Fsp3) is 0.385. The second-order valence-corrected chi connectivity index (χ2v) is 5.69. The Morgan fingerprint density at radius 3 is 2.89 bits per heavy atom. The Morgan fingerprint density at radius 2 is 2.21 bits per heavy atom. The maximum atomic E-state index is 5.58. The van der Waals surface area contributed by atoms with Crippen LogP contribution in [-0.2, 0) is 4.74 Å². The van der Waals surface area contributed by atoms with Crippen molar-refractivity contribution in [1.82, 2.24) is 4.98 Å². The van der Waals surface area contributed by atoms with Gasteiger partial charge in [0, 0.05) is 26.6 Å². The van der Waals surface area contributed by atoms with Crippen molar-refractivity contribution in [1.29, 1.82) is 0 Å². The molecule has 0 saturated carbocycles. The summed E-state index contributed by atoms with van der Waals surface area (Å²) in [5.41, 5.74) is 6.61. The first-order valence-electron chi connectivity index (χ1n) is 6.08. The van der Waals surface area contributed by atoms with Crippen molar-refractivity contribution in [3.05, 3.63) is 24.3 Å². The highest BCUT2D eigenvalue weighted by molar-refractivity contribution is 7.80. The second kappa shape index (κ2) is 6.79. The van der Waals surface area contributed by atoms with Gasteiger partial charge in [0.15, 0.2) is 5.13 Å². The molecule has 0 saturated heterocycles. The number of aromatic nitrogens is 1. The molecule has 0 amide bonds. The van der Waals surface area contributed by atoms with Crippen molar-refractivity contribution in [2.24, 2.45) is 5.73 Å². The second-order valence-electron chi connectivity index (χ2n) is 4.16. The van der Waals surface area contributed by atoms with Crippen molar-refractivity contribution >= 4 is 43.9 Å². The van der Waals surface area contributed by atoms with E-state index in [1.165, 1.54) is 4.70 Å². The summed E-state index contributed by atoms with van der Waals surface area (Å²) in [5.74, 6) is 0. The van der Waals surface area contributed by atoms with Crippen molar-refractivity contribution in [2.75, 3.05) is 31.7 Å². The predicted octanol–water partition coefficient (Wildman–Crippen LogP) is 2.43. The van der Waals surface area contributed by atoms with Gasteiger partial charge >= 0.3 is 0 Å². The third-order valence-corrected chi connectivity index (χ3v) is 4.05. The van der Waals surface area contributed by atoms with E-state index in [0.717, 1.165) is 23.7 Å². The number of anilines is 1. The lowest BCUT2D eigenvalue weighted by Crippen LogP contribution is -2.30. The Labute approximate surface area is 122 Å². The normalized spacial score (nSPS) is 10.8. The van der Waals surface area contributed by atoms with Gasteiger partial charge in [-0.05, 0) is 12.1 Å². The SMILES string of the molecule is COCCN(CCC(N)=S)c1nc2ccccc2s1. The molecule has 2 rings (SSSR count). The van der Waals surface area contributed by atoms with Crippen molar-refractivity contribution < 1.29 is 4.74 Å². The number of nitrogens with zero attached hydrogens (tertiary/aromatic N) is 2. The molecule has 0 aliphatic carbocycles. The standard InChI is InChI=1S/C13H17N3OS2/c1-17-9-8-16(7-6-12(14)18)13-15-10-4-2-3-5-11(10)19-13/h2-5H,6-9H2,1H3,(H2,14,18). The summed E-state index contributed by atoms with van der Waals surface area (Å²) < 4.78 is 6.34. The first-order valence-corrected chi connectivity index (χ1v) is 7.31. The molecular weight excluding hydrogens is 278 g/mol. The molecule has 0 fully saturated rings. The highest BCUT2D eigenvalue weighted by Crippen LogP contribution is 2.28. The molecule has 0 aliphatic heterocycles. The number of benzene rings is 1. The van der Waals surface area contributed by atoms with Crippen LogP contribution in [0.3, 0.4) is 0 Å². The third-order valence-electron chi connectivity index (χ3n) is 2.75. The summed E-state index contributed by atoms with van der Waals surface area (Å²) >= 11 is 6.63. The minimum atomic E-state index is 0.531. The van der Waals surface area contributed by atoms with Gasteiger partial charge in [-0.2, -0.15) is 0 Å². The van der Waals surface area contributed by atoms with E-state index in [2.05, 4.69) is 16.0 Å². The molecule has 2 N–H and O–H groups in total. The highest BCUT2D eigenvalue weighted by Gasteiger charge is 2.12. The average molecular weight is 295 g/mol. The van der Waals surface area contributed by atoms with Gasteiger partial charge in [-0.25, -0.2) is 4.98 Å². The number of para-hydroxylation sites is 1. The maximum absolute atomic E-state index is 5.58. The minimum Gasteiger partial charge on any atom is -0.393 e. The van der Waals surface area contributed by atoms with Gasteiger partial charge in [-0.1, -0.05) is 35.7 Å². The zero-order chi connectivity index (χ0) is 13.7. The molecule has 1 aromatic carbocycles. The molecule has 0 bridgehead atoms. The molecule has 6 heteroatoms. The number of hydrogen-bond donors (Lipinski definition) is 1. The van der Waals surface area contributed by atoms with Crippen LogP contribution in [0.1, 0.15) is 6.42 Å². The zero-order valence-corrected chi connectivity index (χ0v) is 12.5. The van der Waals surface area contributed by atoms with Gasteiger partial charge in [-0.3, -0.25) is 0 Å². The zero-order valence-electron chi connectivity index (χ0n) is 10.8. The van der Waals surface area contributed by atoms with Crippen LogP contribution in [0, 0.1) is 0 Å². The first kappa shape index (κ1) is 14.2. The van der Waals surface area contributed by atoms with E-state index < -0.39 is 0 Å². The lowest BCUT2D eigenvalue weighted by Gasteiger charge is -2.20. The molecule has 4 nitrogen and oxygen atoms in total. The summed E-state index contributed by atoms with van der Waals surface area (Å²) in [6, 6.07) is 8.13. The summed E-state index contributed by atoms with van der Waals surface area (Å²) in [5, 5.41) is 0.995. The summed E-state index contributed by atoms with van der Waals surface area (Å²) in [6.45, 7) is 2.23. The van der Waals surface area contributed by atoms with Crippen LogP contribution in [0.4, 0.5) is 5.13 Å². The molecule has 19 heavy (non-hydrogen) atoms. The summed E-state index contributed by atoms with van der Waals surface area (Å²) in [4.78, 5) is 7.35. The number of thiocarbonyl (C=S) groups is 1. The largest absolute Gasteiger partial charge is 0.393 e. The van der Waals surface area contributed by atoms with Crippen LogP contribution >= 0.6 is 23.6 Å². The van der Waals surface area contributed by atoms with Gasteiger partial charge in [0.05, 0.1) is 21.8 Å². The summed E-state index contributed by atoms with van der Waals surface area (Å²) in [6.07, 6.45) is 0.689. The van der Waals surface area contributed by atoms with Crippen LogP contribution in [-0.4, -0.2) is 36.8 Å². The lowest BCUT2D eigenvalue weighted by atomic mass is 10.3. The van der Waals surface area contributed by atoms with Crippen LogP contribution < -0.4 is 10.6 Å². The fourth-order valence-electron chi connectivity index (χ4n) is 1.75. The molecule has 0 radical (unpaired) electrons. The van der Waals surface area contributed by atoms with Crippen LogP contribution in [0.25, 0.3) is 10.2 Å². The van der Waals surface area contributed by atoms with Crippen LogP contribution in [0.2, 0.25) is 0 Å². The molecule has 102 valence electrons. The Kier molecular flexibility index (Phi) is 5.07. The molecule has 2 aromatic rings. The van der Waals surface area contributed by atoms with Crippen molar-refractivity contribution in [3.8, 4) is 0 Å². The van der Waals surface area contributed by atoms with Crippen molar-refractivity contribution in [2.45, 2.75) is 6.42 Å². The van der Waals surface area contributed by atoms with E-state index >= 15 is 0 Å². The molecule has 0 aliphatic rings. The van der Waals surface area contributed by atoms with Crippen molar-refractivity contribution in [3.63, 3.8) is 0 Å². The molecular formula is C13H17N3OS2. The van der Waals surface area contributed by atoms with Gasteiger partial charge < -0.3 is 15.4 Å². The van der Waals surface area contributed by atoms with E-state index in [0.29, 0.717) is 18.0 Å². The quantitative estimate of drug-likeness (QED) is 0.795. The maximum Gasteiger partial charge on any atom is 0.186 e. The predicted molar refractivity (Wildman–Crippen MR) is 85.1 cm³/mol. The van der Waals surface area contributed by atoms with E-state index in [1.807, 2.05) is 18.2 Å². The minimum absolute atomic E-state index is 0.531. The third kappa shape index (κ3) is 3.86. The lowest BCUT2D eigenvalue weighted by molar-refractivity contribution is 0.205.